The Kier molecular flexibility index (Phi) is 3.18. The average Bonchev–Trinajstić information content (AvgIpc) is 2.65. The number of pyridine rings is 2. The van der Waals surface area contributed by atoms with Gasteiger partial charge < -0.3 is 9.55 Å². The quantitative estimate of drug-likeness (QED) is 0.642. The molecule has 25 heavy (non-hydrogen) atoms. The molecule has 0 saturated heterocycles. The molecule has 2 aromatic heterocycles. The average molecular weight is 334 g/mol. The Morgan fingerprint density at radius 2 is 1.60 bits per heavy atom. The van der Waals surface area contributed by atoms with E-state index in [2.05, 4.69) is 9.55 Å². The lowest BCUT2D eigenvalue weighted by Gasteiger charge is -2.22. The largest absolute Gasteiger partial charge is 0.357 e. The third-order valence-corrected chi connectivity index (χ3v) is 6.15. The number of H-pyrrole nitrogens is 1. The minimum absolute atomic E-state index is 0.116. The minimum atomic E-state index is 0.116. The van der Waals surface area contributed by atoms with Gasteiger partial charge in [0.15, 0.2) is 10.9 Å². The molecule has 3 aromatic rings. The van der Waals surface area contributed by atoms with Crippen molar-refractivity contribution < 1.29 is 0 Å². The number of rotatable bonds is 0. The fourth-order valence-electron chi connectivity index (χ4n) is 4.83. The molecule has 0 bridgehead atoms. The van der Waals surface area contributed by atoms with Crippen molar-refractivity contribution in [2.45, 2.75) is 51.4 Å². The predicted octanol–water partition coefficient (Wildman–Crippen LogP) is 3.14. The second kappa shape index (κ2) is 5.32. The molecular formula is C21H22N2O2. The molecule has 0 unspecified atom stereocenters. The molecule has 0 saturated carbocycles. The van der Waals surface area contributed by atoms with Crippen LogP contribution in [0, 0.1) is 0 Å². The second-order valence-corrected chi connectivity index (χ2v) is 7.52. The van der Waals surface area contributed by atoms with Crippen LogP contribution in [0.2, 0.25) is 0 Å². The molecule has 128 valence electrons. The summed E-state index contributed by atoms with van der Waals surface area (Å²) in [4.78, 5) is 29.7. The molecule has 2 heterocycles. The zero-order valence-corrected chi connectivity index (χ0v) is 14.6. The third-order valence-electron chi connectivity index (χ3n) is 6.15. The number of fused-ring (bicyclic) bond motifs is 5. The van der Waals surface area contributed by atoms with E-state index in [1.807, 2.05) is 19.2 Å². The third kappa shape index (κ3) is 2.00. The molecule has 4 nitrogen and oxygen atoms in total. The summed E-state index contributed by atoms with van der Waals surface area (Å²) < 4.78 is 2.17. The van der Waals surface area contributed by atoms with Crippen LogP contribution in [-0.2, 0) is 32.7 Å². The van der Waals surface area contributed by atoms with E-state index >= 15 is 0 Å². The van der Waals surface area contributed by atoms with Crippen LogP contribution >= 0.6 is 0 Å². The highest BCUT2D eigenvalue weighted by Gasteiger charge is 2.22. The molecule has 0 atom stereocenters. The molecule has 4 heteroatoms. The van der Waals surface area contributed by atoms with E-state index in [1.165, 1.54) is 5.69 Å². The lowest BCUT2D eigenvalue weighted by molar-refractivity contribution is 0.637. The smallest absolute Gasteiger partial charge is 0.194 e. The molecule has 1 aromatic carbocycles. The number of benzene rings is 1. The SMILES string of the molecule is Cn1c2c(c(=O)c3c4[nH]c5c(c(=O)c4ccc31)CCCC5)CCCC2. The van der Waals surface area contributed by atoms with Crippen molar-refractivity contribution in [3.05, 3.63) is 55.1 Å². The predicted molar refractivity (Wildman–Crippen MR) is 101 cm³/mol. The first-order valence-corrected chi connectivity index (χ1v) is 9.38. The zero-order valence-electron chi connectivity index (χ0n) is 14.6. The van der Waals surface area contributed by atoms with Gasteiger partial charge in [0.05, 0.1) is 16.4 Å². The highest BCUT2D eigenvalue weighted by molar-refractivity contribution is 6.04. The molecule has 2 aliphatic carbocycles. The Morgan fingerprint density at radius 3 is 2.44 bits per heavy atom. The summed E-state index contributed by atoms with van der Waals surface area (Å²) in [5.41, 5.74) is 6.01. The van der Waals surface area contributed by atoms with Gasteiger partial charge in [-0.05, 0) is 63.5 Å². The van der Waals surface area contributed by atoms with Gasteiger partial charge in [-0.15, -0.1) is 0 Å². The van der Waals surface area contributed by atoms with Crippen molar-refractivity contribution in [3.63, 3.8) is 0 Å². The Morgan fingerprint density at radius 1 is 0.880 bits per heavy atom. The standard InChI is InChI=1S/C21H22N2O2/c1-23-16-9-5-3-7-13(16)21(25)18-17(23)11-10-14-19(18)22-15-8-4-2-6-12(15)20(14)24/h10-11H,2-9H2,1H3,(H,22,24). The summed E-state index contributed by atoms with van der Waals surface area (Å²) in [5.74, 6) is 0. The minimum Gasteiger partial charge on any atom is -0.357 e. The number of aromatic nitrogens is 2. The lowest BCUT2D eigenvalue weighted by Crippen LogP contribution is -2.24. The van der Waals surface area contributed by atoms with Crippen LogP contribution < -0.4 is 10.9 Å². The van der Waals surface area contributed by atoms with Crippen LogP contribution in [-0.4, -0.2) is 9.55 Å². The Bertz CT molecular complexity index is 1150. The van der Waals surface area contributed by atoms with Crippen molar-refractivity contribution in [2.75, 3.05) is 0 Å². The number of aryl methyl sites for hydroxylation is 2. The number of nitrogens with one attached hydrogen (secondary N) is 1. The van der Waals surface area contributed by atoms with Crippen LogP contribution in [0.15, 0.2) is 21.7 Å². The van der Waals surface area contributed by atoms with E-state index in [9.17, 15) is 9.59 Å². The summed E-state index contributed by atoms with van der Waals surface area (Å²) in [5, 5.41) is 1.37. The number of hydrogen-bond acceptors (Lipinski definition) is 2. The van der Waals surface area contributed by atoms with E-state index < -0.39 is 0 Å². The molecular weight excluding hydrogens is 312 g/mol. The Hall–Kier alpha value is -2.36. The number of nitrogens with zero attached hydrogens (tertiary/aromatic N) is 1. The Labute approximate surface area is 145 Å². The van der Waals surface area contributed by atoms with Gasteiger partial charge in [0.25, 0.3) is 0 Å². The fourth-order valence-corrected chi connectivity index (χ4v) is 4.83. The summed E-state index contributed by atoms with van der Waals surface area (Å²) in [7, 11) is 2.05. The summed E-state index contributed by atoms with van der Waals surface area (Å²) in [6.07, 6.45) is 7.97. The maximum atomic E-state index is 13.3. The van der Waals surface area contributed by atoms with Gasteiger partial charge in [0.2, 0.25) is 0 Å². The molecule has 0 amide bonds. The number of hydrogen-bond donors (Lipinski definition) is 1. The molecule has 1 N–H and O–H groups in total. The van der Waals surface area contributed by atoms with E-state index in [0.717, 1.165) is 79.2 Å². The first-order chi connectivity index (χ1) is 12.2. The lowest BCUT2D eigenvalue weighted by atomic mass is 9.91. The van der Waals surface area contributed by atoms with E-state index in [0.29, 0.717) is 10.8 Å². The normalized spacial score (nSPS) is 16.8. The molecule has 0 spiro atoms. The number of aromatic amines is 1. The van der Waals surface area contributed by atoms with Crippen molar-refractivity contribution in [1.29, 1.82) is 0 Å². The van der Waals surface area contributed by atoms with Gasteiger partial charge in [-0.2, -0.15) is 0 Å². The fraction of sp³-hybridized carbons (Fsp3) is 0.429. The summed E-state index contributed by atoms with van der Waals surface area (Å²) >= 11 is 0. The first kappa shape index (κ1) is 14.9. The van der Waals surface area contributed by atoms with Crippen LogP contribution in [0.25, 0.3) is 21.8 Å². The second-order valence-electron chi connectivity index (χ2n) is 7.52. The van der Waals surface area contributed by atoms with Crippen LogP contribution in [0.1, 0.15) is 48.2 Å². The zero-order chi connectivity index (χ0) is 17.1. The maximum absolute atomic E-state index is 13.3. The van der Waals surface area contributed by atoms with Crippen LogP contribution in [0.3, 0.4) is 0 Å². The highest BCUT2D eigenvalue weighted by Crippen LogP contribution is 2.27. The van der Waals surface area contributed by atoms with E-state index in [-0.39, 0.29) is 10.9 Å². The van der Waals surface area contributed by atoms with Crippen molar-refractivity contribution in [2.24, 2.45) is 7.05 Å². The molecule has 5 rings (SSSR count). The van der Waals surface area contributed by atoms with E-state index in [4.69, 9.17) is 0 Å². The topological polar surface area (TPSA) is 54.9 Å². The van der Waals surface area contributed by atoms with Gasteiger partial charge in [-0.25, -0.2) is 0 Å². The molecule has 0 fully saturated rings. The first-order valence-electron chi connectivity index (χ1n) is 9.38. The molecule has 2 aliphatic rings. The van der Waals surface area contributed by atoms with Crippen molar-refractivity contribution in [1.82, 2.24) is 9.55 Å². The van der Waals surface area contributed by atoms with Gasteiger partial charge in [0, 0.05) is 34.9 Å². The van der Waals surface area contributed by atoms with Crippen molar-refractivity contribution >= 4 is 21.8 Å². The van der Waals surface area contributed by atoms with Gasteiger partial charge in [-0.3, -0.25) is 9.59 Å². The Balaban J connectivity index is 1.99. The van der Waals surface area contributed by atoms with Gasteiger partial charge in [0.1, 0.15) is 0 Å². The van der Waals surface area contributed by atoms with Gasteiger partial charge in [-0.1, -0.05) is 0 Å². The summed E-state index contributed by atoms with van der Waals surface area (Å²) in [6.45, 7) is 0. The van der Waals surface area contributed by atoms with Crippen LogP contribution in [0.4, 0.5) is 0 Å². The molecule has 0 radical (unpaired) electrons. The summed E-state index contributed by atoms with van der Waals surface area (Å²) in [6, 6.07) is 3.86. The monoisotopic (exact) mass is 334 g/mol. The van der Waals surface area contributed by atoms with Crippen molar-refractivity contribution in [3.8, 4) is 0 Å². The molecule has 0 aliphatic heterocycles. The van der Waals surface area contributed by atoms with Gasteiger partial charge >= 0.3 is 0 Å². The van der Waals surface area contributed by atoms with Crippen LogP contribution in [0.5, 0.6) is 0 Å². The maximum Gasteiger partial charge on any atom is 0.194 e. The van der Waals surface area contributed by atoms with E-state index in [1.54, 1.807) is 0 Å². The highest BCUT2D eigenvalue weighted by atomic mass is 16.1.